The maximum Gasteiger partial charge on any atom is 0.0503 e. The third-order valence-electron chi connectivity index (χ3n) is 2.93. The van der Waals surface area contributed by atoms with Crippen molar-refractivity contribution >= 4 is 6.21 Å². The van der Waals surface area contributed by atoms with Crippen LogP contribution in [0.25, 0.3) is 0 Å². The van der Waals surface area contributed by atoms with Gasteiger partial charge in [0.05, 0.1) is 5.41 Å². The van der Waals surface area contributed by atoms with Crippen molar-refractivity contribution in [2.75, 3.05) is 0 Å². The lowest BCUT2D eigenvalue weighted by Crippen LogP contribution is -2.20. The number of allylic oxidation sites excluding steroid dienone is 5. The number of rotatable bonds is 4. The summed E-state index contributed by atoms with van der Waals surface area (Å²) < 4.78 is 0. The van der Waals surface area contributed by atoms with Gasteiger partial charge in [-0.2, -0.15) is 0 Å². The zero-order chi connectivity index (χ0) is 9.86. The molecule has 2 rings (SSSR count). The molecule has 1 aliphatic carbocycles. The minimum absolute atomic E-state index is 0.115. The number of fused-ring (bicyclic) bond motifs is 1. The molecule has 0 aromatic heterocycles. The molecular weight excluding hydrogens is 170 g/mol. The summed E-state index contributed by atoms with van der Waals surface area (Å²) >= 11 is 0. The minimum atomic E-state index is 0.115. The lowest BCUT2D eigenvalue weighted by atomic mass is 9.76. The van der Waals surface area contributed by atoms with Crippen molar-refractivity contribution < 1.29 is 0 Å². The third-order valence-corrected chi connectivity index (χ3v) is 2.93. The first kappa shape index (κ1) is 9.45. The van der Waals surface area contributed by atoms with E-state index in [1.807, 2.05) is 6.20 Å². The predicted octanol–water partition coefficient (Wildman–Crippen LogP) is 3.46. The molecule has 1 heteroatoms. The van der Waals surface area contributed by atoms with E-state index in [1.165, 1.54) is 24.8 Å². The van der Waals surface area contributed by atoms with Crippen molar-refractivity contribution in [1.82, 2.24) is 0 Å². The largest absolute Gasteiger partial charge is 0.267 e. The van der Waals surface area contributed by atoms with Gasteiger partial charge in [-0.3, -0.25) is 4.99 Å². The average molecular weight is 186 g/mol. The zero-order valence-corrected chi connectivity index (χ0v) is 8.45. The van der Waals surface area contributed by atoms with Crippen LogP contribution in [0.5, 0.6) is 0 Å². The first-order valence-corrected chi connectivity index (χ1v) is 5.27. The van der Waals surface area contributed by atoms with E-state index in [4.69, 9.17) is 0 Å². The second kappa shape index (κ2) is 3.95. The third kappa shape index (κ3) is 1.59. The molecule has 0 aromatic rings. The lowest BCUT2D eigenvalue weighted by Gasteiger charge is -2.26. The lowest BCUT2D eigenvalue weighted by molar-refractivity contribution is 0.545. The molecule has 0 amide bonds. The molecule has 0 spiro atoms. The zero-order valence-electron chi connectivity index (χ0n) is 8.45. The van der Waals surface area contributed by atoms with Crippen LogP contribution in [0.4, 0.5) is 0 Å². The van der Waals surface area contributed by atoms with Crippen molar-refractivity contribution in [3.63, 3.8) is 0 Å². The number of nitrogens with zero attached hydrogens (tertiary/aromatic N) is 1. The van der Waals surface area contributed by atoms with Crippen LogP contribution in [0, 0.1) is 12.3 Å². The fourth-order valence-electron chi connectivity index (χ4n) is 2.06. The van der Waals surface area contributed by atoms with Crippen molar-refractivity contribution in [3.8, 4) is 0 Å². The summed E-state index contributed by atoms with van der Waals surface area (Å²) in [5, 5.41) is 0. The molecule has 1 aliphatic heterocycles. The fraction of sp³-hybridized carbons (Fsp3) is 0.385. The summed E-state index contributed by atoms with van der Waals surface area (Å²) in [5.41, 5.74) is 1.45. The molecule has 1 heterocycles. The van der Waals surface area contributed by atoms with Crippen molar-refractivity contribution in [1.29, 1.82) is 0 Å². The first-order chi connectivity index (χ1) is 6.87. The smallest absolute Gasteiger partial charge is 0.0503 e. The van der Waals surface area contributed by atoms with Crippen molar-refractivity contribution in [2.24, 2.45) is 10.4 Å². The van der Waals surface area contributed by atoms with Gasteiger partial charge in [0.15, 0.2) is 0 Å². The van der Waals surface area contributed by atoms with Gasteiger partial charge >= 0.3 is 0 Å². The van der Waals surface area contributed by atoms with Gasteiger partial charge in [0, 0.05) is 12.4 Å². The molecule has 0 saturated heterocycles. The van der Waals surface area contributed by atoms with E-state index < -0.39 is 0 Å². The highest BCUT2D eigenvalue weighted by Crippen LogP contribution is 2.39. The molecular formula is C13H16N. The topological polar surface area (TPSA) is 12.4 Å². The van der Waals surface area contributed by atoms with Crippen LogP contribution in [-0.2, 0) is 0 Å². The summed E-state index contributed by atoms with van der Waals surface area (Å²) in [4.78, 5) is 4.27. The normalized spacial score (nSPS) is 27.9. The van der Waals surface area contributed by atoms with Gasteiger partial charge in [-0.25, -0.2) is 0 Å². The molecule has 0 bridgehead atoms. The van der Waals surface area contributed by atoms with Crippen LogP contribution in [-0.4, -0.2) is 6.21 Å². The van der Waals surface area contributed by atoms with E-state index in [1.54, 1.807) is 0 Å². The minimum Gasteiger partial charge on any atom is -0.267 e. The molecule has 0 N–H and O–H groups in total. The number of aliphatic imine (C=N–C) groups is 1. The number of hydrogen-bond acceptors (Lipinski definition) is 1. The van der Waals surface area contributed by atoms with Crippen LogP contribution < -0.4 is 0 Å². The summed E-state index contributed by atoms with van der Waals surface area (Å²) in [7, 11) is 0. The Morgan fingerprint density at radius 3 is 3.07 bits per heavy atom. The predicted molar refractivity (Wildman–Crippen MR) is 61.1 cm³/mol. The standard InChI is InChI=1S/C13H16N/c1-2-3-5-8-13-9-6-4-7-12(13)10-14-11-13/h4,6-7,9-11H,1-3,5,8H2. The highest BCUT2D eigenvalue weighted by Gasteiger charge is 2.31. The SMILES string of the molecule is [CH2]CCCCC12C=CC=CC1=CN=C2. The maximum atomic E-state index is 4.27. The average Bonchev–Trinajstić information content (AvgIpc) is 2.62. The van der Waals surface area contributed by atoms with E-state index in [0.29, 0.717) is 0 Å². The van der Waals surface area contributed by atoms with Crippen LogP contribution >= 0.6 is 0 Å². The summed E-state index contributed by atoms with van der Waals surface area (Å²) in [6, 6.07) is 0. The molecule has 0 aromatic carbocycles. The maximum absolute atomic E-state index is 4.27. The van der Waals surface area contributed by atoms with Gasteiger partial charge in [0.2, 0.25) is 0 Å². The molecule has 1 unspecified atom stereocenters. The molecule has 1 nitrogen and oxygen atoms in total. The molecule has 73 valence electrons. The van der Waals surface area contributed by atoms with Gasteiger partial charge in [0.1, 0.15) is 0 Å². The Bertz CT molecular complexity index is 320. The summed E-state index contributed by atoms with van der Waals surface area (Å²) in [5.74, 6) is 0. The number of unbranched alkanes of at least 4 members (excludes halogenated alkanes) is 2. The van der Waals surface area contributed by atoms with Gasteiger partial charge in [-0.15, -0.1) is 0 Å². The molecule has 2 aliphatic rings. The molecule has 0 fully saturated rings. The van der Waals surface area contributed by atoms with E-state index in [2.05, 4.69) is 42.4 Å². The van der Waals surface area contributed by atoms with Crippen LogP contribution in [0.15, 0.2) is 41.1 Å². The molecule has 1 atom stereocenters. The second-order valence-corrected chi connectivity index (χ2v) is 3.93. The monoisotopic (exact) mass is 186 g/mol. The van der Waals surface area contributed by atoms with Crippen molar-refractivity contribution in [2.45, 2.75) is 25.7 Å². The highest BCUT2D eigenvalue weighted by molar-refractivity contribution is 5.79. The Balaban J connectivity index is 2.07. The summed E-state index contributed by atoms with van der Waals surface area (Å²) in [6.45, 7) is 3.87. The molecule has 1 radical (unpaired) electrons. The van der Waals surface area contributed by atoms with Crippen molar-refractivity contribution in [3.05, 3.63) is 43.0 Å². The molecule has 0 saturated carbocycles. The van der Waals surface area contributed by atoms with E-state index in [9.17, 15) is 0 Å². The van der Waals surface area contributed by atoms with Gasteiger partial charge < -0.3 is 0 Å². The Morgan fingerprint density at radius 1 is 1.29 bits per heavy atom. The second-order valence-electron chi connectivity index (χ2n) is 3.93. The van der Waals surface area contributed by atoms with Gasteiger partial charge in [-0.05, 0) is 12.0 Å². The van der Waals surface area contributed by atoms with Gasteiger partial charge in [-0.1, -0.05) is 50.5 Å². The van der Waals surface area contributed by atoms with Crippen LogP contribution in [0.2, 0.25) is 0 Å². The van der Waals surface area contributed by atoms with E-state index >= 15 is 0 Å². The van der Waals surface area contributed by atoms with Gasteiger partial charge in [0.25, 0.3) is 0 Å². The van der Waals surface area contributed by atoms with E-state index in [-0.39, 0.29) is 5.41 Å². The Kier molecular flexibility index (Phi) is 2.67. The Hall–Kier alpha value is -1.11. The number of hydrogen-bond donors (Lipinski definition) is 0. The first-order valence-electron chi connectivity index (χ1n) is 5.27. The quantitative estimate of drug-likeness (QED) is 0.596. The summed E-state index contributed by atoms with van der Waals surface area (Å²) in [6.07, 6.45) is 17.3. The van der Waals surface area contributed by atoms with Crippen LogP contribution in [0.3, 0.4) is 0 Å². The molecule has 14 heavy (non-hydrogen) atoms. The van der Waals surface area contributed by atoms with Crippen LogP contribution in [0.1, 0.15) is 25.7 Å². The fourth-order valence-corrected chi connectivity index (χ4v) is 2.06. The van der Waals surface area contributed by atoms with E-state index in [0.717, 1.165) is 6.42 Å². The Labute approximate surface area is 85.9 Å². The Morgan fingerprint density at radius 2 is 2.21 bits per heavy atom. The highest BCUT2D eigenvalue weighted by atomic mass is 14.7.